The summed E-state index contributed by atoms with van der Waals surface area (Å²) in [6, 6.07) is 13.3. The van der Waals surface area contributed by atoms with Crippen LogP contribution in [0, 0.1) is 13.8 Å². The van der Waals surface area contributed by atoms with Gasteiger partial charge in [0.25, 0.3) is 5.56 Å². The Morgan fingerprint density at radius 3 is 2.65 bits per heavy atom. The minimum atomic E-state index is -4.74. The molecule has 5 rings (SSSR count). The molecule has 0 spiro atoms. The number of rotatable bonds is 6. The quantitative estimate of drug-likeness (QED) is 0.332. The van der Waals surface area contributed by atoms with Crippen molar-refractivity contribution in [3.63, 3.8) is 0 Å². The number of halogens is 3. The molecule has 37 heavy (non-hydrogen) atoms. The number of benzene rings is 1. The Morgan fingerprint density at radius 1 is 1.05 bits per heavy atom. The fraction of sp³-hybridized carbons (Fsp3) is 0.185. The highest BCUT2D eigenvalue weighted by Crippen LogP contribution is 2.33. The van der Waals surface area contributed by atoms with Gasteiger partial charge < -0.3 is 9.30 Å². The number of alkyl halides is 3. The van der Waals surface area contributed by atoms with Gasteiger partial charge in [-0.05, 0) is 55.8 Å². The summed E-state index contributed by atoms with van der Waals surface area (Å²) in [7, 11) is 0. The van der Waals surface area contributed by atoms with Crippen molar-refractivity contribution in [2.24, 2.45) is 0 Å². The molecule has 0 aliphatic heterocycles. The van der Waals surface area contributed by atoms with Crippen molar-refractivity contribution in [1.29, 1.82) is 0 Å². The van der Waals surface area contributed by atoms with Crippen molar-refractivity contribution in [3.05, 3.63) is 106 Å². The van der Waals surface area contributed by atoms with Gasteiger partial charge in [0.05, 0.1) is 17.9 Å². The Labute approximate surface area is 209 Å². The SMILES string of the molecule is Cc1cc(-c2ccn[nH]2)c2cccc(OCc3c(C)ccnc3Cn3cccc(C(F)(F)F)c3=O)c2n1. The van der Waals surface area contributed by atoms with E-state index in [2.05, 4.69) is 20.2 Å². The number of nitrogens with one attached hydrogen (secondary N) is 1. The van der Waals surface area contributed by atoms with Crippen LogP contribution in [0.1, 0.15) is 28.1 Å². The molecule has 1 aromatic carbocycles. The van der Waals surface area contributed by atoms with Gasteiger partial charge in [0, 0.05) is 40.8 Å². The summed E-state index contributed by atoms with van der Waals surface area (Å²) >= 11 is 0. The molecule has 10 heteroatoms. The summed E-state index contributed by atoms with van der Waals surface area (Å²) in [5.74, 6) is 0.549. The first kappa shape index (κ1) is 24.2. The molecule has 0 atom stereocenters. The second-order valence-corrected chi connectivity index (χ2v) is 8.63. The largest absolute Gasteiger partial charge is 0.487 e. The van der Waals surface area contributed by atoms with Crippen LogP contribution in [0.4, 0.5) is 13.2 Å². The third kappa shape index (κ3) is 4.82. The molecule has 0 saturated heterocycles. The maximum atomic E-state index is 13.2. The molecule has 0 unspecified atom stereocenters. The highest BCUT2D eigenvalue weighted by atomic mass is 19.4. The molecule has 188 valence electrons. The van der Waals surface area contributed by atoms with Gasteiger partial charge in [-0.3, -0.25) is 14.9 Å². The predicted molar refractivity (Wildman–Crippen MR) is 132 cm³/mol. The second kappa shape index (κ2) is 9.53. The zero-order chi connectivity index (χ0) is 26.2. The molecule has 0 fully saturated rings. The number of aromatic nitrogens is 5. The first-order chi connectivity index (χ1) is 17.7. The number of aryl methyl sites for hydroxylation is 2. The van der Waals surface area contributed by atoms with E-state index in [9.17, 15) is 18.0 Å². The van der Waals surface area contributed by atoms with E-state index < -0.39 is 17.3 Å². The molecule has 7 nitrogen and oxygen atoms in total. The lowest BCUT2D eigenvalue weighted by molar-refractivity contribution is -0.138. The first-order valence-electron chi connectivity index (χ1n) is 11.5. The molecule has 0 bridgehead atoms. The minimum Gasteiger partial charge on any atom is -0.487 e. The van der Waals surface area contributed by atoms with Crippen molar-refractivity contribution >= 4 is 10.9 Å². The van der Waals surface area contributed by atoms with E-state index >= 15 is 0 Å². The number of aromatic amines is 1. The Bertz CT molecular complexity index is 1640. The number of nitrogens with zero attached hydrogens (tertiary/aromatic N) is 4. The number of H-pyrrole nitrogens is 1. The van der Waals surface area contributed by atoms with Gasteiger partial charge >= 0.3 is 6.18 Å². The van der Waals surface area contributed by atoms with Crippen LogP contribution in [0.3, 0.4) is 0 Å². The Hall–Kier alpha value is -4.47. The van der Waals surface area contributed by atoms with Crippen LogP contribution < -0.4 is 10.3 Å². The third-order valence-corrected chi connectivity index (χ3v) is 6.12. The fourth-order valence-corrected chi connectivity index (χ4v) is 4.26. The van der Waals surface area contributed by atoms with Gasteiger partial charge in [-0.2, -0.15) is 18.3 Å². The van der Waals surface area contributed by atoms with E-state index in [0.717, 1.165) is 38.5 Å². The van der Waals surface area contributed by atoms with Gasteiger partial charge in [0.15, 0.2) is 0 Å². The summed E-state index contributed by atoms with van der Waals surface area (Å²) in [5.41, 5.74) is 2.90. The molecule has 0 aliphatic carbocycles. The Morgan fingerprint density at radius 2 is 1.89 bits per heavy atom. The molecule has 4 aromatic heterocycles. The Kier molecular flexibility index (Phi) is 6.24. The van der Waals surface area contributed by atoms with E-state index in [0.29, 0.717) is 22.5 Å². The summed E-state index contributed by atoms with van der Waals surface area (Å²) in [6.45, 7) is 3.73. The molecule has 0 radical (unpaired) electrons. The number of para-hydroxylation sites is 1. The van der Waals surface area contributed by atoms with Crippen molar-refractivity contribution in [1.82, 2.24) is 24.7 Å². The number of fused-ring (bicyclic) bond motifs is 1. The van der Waals surface area contributed by atoms with E-state index in [-0.39, 0.29) is 13.2 Å². The van der Waals surface area contributed by atoms with Crippen LogP contribution in [0.5, 0.6) is 5.75 Å². The summed E-state index contributed by atoms with van der Waals surface area (Å²) < 4.78 is 46.9. The van der Waals surface area contributed by atoms with Crippen LogP contribution in [-0.4, -0.2) is 24.7 Å². The van der Waals surface area contributed by atoms with E-state index in [1.54, 1.807) is 18.5 Å². The zero-order valence-corrected chi connectivity index (χ0v) is 20.0. The van der Waals surface area contributed by atoms with Crippen molar-refractivity contribution in [3.8, 4) is 17.0 Å². The van der Waals surface area contributed by atoms with Gasteiger partial charge in [-0.25, -0.2) is 4.98 Å². The lowest BCUT2D eigenvalue weighted by atomic mass is 10.0. The molecular weight excluding hydrogens is 483 g/mol. The topological polar surface area (TPSA) is 85.7 Å². The average Bonchev–Trinajstić information content (AvgIpc) is 3.39. The van der Waals surface area contributed by atoms with Crippen molar-refractivity contribution < 1.29 is 17.9 Å². The second-order valence-electron chi connectivity index (χ2n) is 8.63. The number of ether oxygens (including phenoxy) is 1. The lowest BCUT2D eigenvalue weighted by Crippen LogP contribution is -2.29. The average molecular weight is 506 g/mol. The smallest absolute Gasteiger partial charge is 0.421 e. The maximum absolute atomic E-state index is 13.2. The summed E-state index contributed by atoms with van der Waals surface area (Å²) in [5, 5.41) is 7.90. The first-order valence-corrected chi connectivity index (χ1v) is 11.5. The van der Waals surface area contributed by atoms with Gasteiger partial charge in [0.1, 0.15) is 23.4 Å². The molecule has 4 heterocycles. The van der Waals surface area contributed by atoms with E-state index in [4.69, 9.17) is 4.74 Å². The lowest BCUT2D eigenvalue weighted by Gasteiger charge is -2.16. The third-order valence-electron chi connectivity index (χ3n) is 6.12. The molecule has 0 saturated carbocycles. The summed E-state index contributed by atoms with van der Waals surface area (Å²) in [4.78, 5) is 21.5. The van der Waals surface area contributed by atoms with Crippen LogP contribution in [-0.2, 0) is 19.3 Å². The van der Waals surface area contributed by atoms with Crippen molar-refractivity contribution in [2.75, 3.05) is 0 Å². The monoisotopic (exact) mass is 505 g/mol. The standard InChI is InChI=1S/C27H22F3N5O2/c1-16-8-10-31-23(14-35-12-4-6-21(26(35)36)27(28,29)30)20(16)15-37-24-7-3-5-18-19(22-9-11-32-34-22)13-17(2)33-25(18)24/h3-13H,14-15H2,1-2H3,(H,32,34). The molecule has 0 aliphatic rings. The van der Waals surface area contributed by atoms with E-state index in [1.165, 1.54) is 12.3 Å². The van der Waals surface area contributed by atoms with Crippen LogP contribution in [0.25, 0.3) is 22.2 Å². The van der Waals surface area contributed by atoms with E-state index in [1.807, 2.05) is 44.2 Å². The molecule has 0 amide bonds. The van der Waals surface area contributed by atoms with Gasteiger partial charge in [-0.15, -0.1) is 0 Å². The number of hydrogen-bond acceptors (Lipinski definition) is 5. The zero-order valence-electron chi connectivity index (χ0n) is 20.0. The molecular formula is C27H22F3N5O2. The molecule has 1 N–H and O–H groups in total. The van der Waals surface area contributed by atoms with Crippen LogP contribution in [0.15, 0.2) is 71.9 Å². The van der Waals surface area contributed by atoms with Crippen LogP contribution >= 0.6 is 0 Å². The normalized spacial score (nSPS) is 11.7. The fourth-order valence-electron chi connectivity index (χ4n) is 4.26. The number of pyridine rings is 3. The minimum absolute atomic E-state index is 0.0941. The van der Waals surface area contributed by atoms with Gasteiger partial charge in [-0.1, -0.05) is 12.1 Å². The molecule has 5 aromatic rings. The highest BCUT2D eigenvalue weighted by molar-refractivity contribution is 5.96. The summed E-state index contributed by atoms with van der Waals surface area (Å²) in [6.07, 6.45) is -0.173. The Balaban J connectivity index is 1.49. The van der Waals surface area contributed by atoms with Crippen molar-refractivity contribution in [2.45, 2.75) is 33.2 Å². The maximum Gasteiger partial charge on any atom is 0.421 e. The number of hydrogen-bond donors (Lipinski definition) is 1. The van der Waals surface area contributed by atoms with Gasteiger partial charge in [0.2, 0.25) is 0 Å². The predicted octanol–water partition coefficient (Wildman–Crippen LogP) is 5.44. The highest BCUT2D eigenvalue weighted by Gasteiger charge is 2.34. The van der Waals surface area contributed by atoms with Crippen LogP contribution in [0.2, 0.25) is 0 Å².